The first-order valence-corrected chi connectivity index (χ1v) is 22.7. The number of amides is 1. The van der Waals surface area contributed by atoms with Crippen molar-refractivity contribution in [3.63, 3.8) is 0 Å². The van der Waals surface area contributed by atoms with Crippen LogP contribution in [0.25, 0.3) is 6.08 Å². The number of hydrogen-bond acceptors (Lipinski definition) is 4. The van der Waals surface area contributed by atoms with E-state index in [2.05, 4.69) is 118 Å². The summed E-state index contributed by atoms with van der Waals surface area (Å²) < 4.78 is 13.9. The molecular weight excluding hydrogens is 513 g/mol. The predicted molar refractivity (Wildman–Crippen MR) is 169 cm³/mol. The molecule has 0 saturated carbocycles. The zero-order valence-corrected chi connectivity index (χ0v) is 29.3. The fourth-order valence-electron chi connectivity index (χ4n) is 3.02. The van der Waals surface area contributed by atoms with Gasteiger partial charge in [0, 0.05) is 0 Å². The highest BCUT2D eigenvalue weighted by Gasteiger charge is 2.51. The summed E-state index contributed by atoms with van der Waals surface area (Å²) in [4.78, 5) is 14.7. The number of carbonyl (C=O) groups is 1. The molecule has 8 heteroatoms. The average molecular weight is 563 g/mol. The van der Waals surface area contributed by atoms with Crippen LogP contribution in [0.3, 0.4) is 0 Å². The fourth-order valence-corrected chi connectivity index (χ4v) is 9.40. The van der Waals surface area contributed by atoms with Crippen LogP contribution < -0.4 is 4.43 Å². The maximum absolute atomic E-state index is 13.9. The van der Waals surface area contributed by atoms with Gasteiger partial charge in [0.2, 0.25) is 8.32 Å². The van der Waals surface area contributed by atoms with Crippen molar-refractivity contribution in [3.05, 3.63) is 34.7 Å². The molecule has 1 aromatic carbocycles. The smallest absolute Gasteiger partial charge is 0.258 e. The lowest BCUT2D eigenvalue weighted by atomic mass is 10.2. The van der Waals surface area contributed by atoms with Crippen LogP contribution in [-0.4, -0.2) is 40.4 Å². The van der Waals surface area contributed by atoms with Gasteiger partial charge in [-0.15, -0.1) is 0 Å². The standard InChI is InChI=1S/C28H50N2O2SSi3/c1-26(2,3)34(10,11)29-25-30(35(12,13)27(4,5)6)24(31)23(33-25)20-21-16-18-22(19-17-21)32-36(14,15)28(7,8)9/h16-20H,1-15H3/b23-20-,29-25-. The quantitative estimate of drug-likeness (QED) is 0.265. The van der Waals surface area contributed by atoms with Crippen LogP contribution in [0.2, 0.25) is 54.4 Å². The third-order valence-electron chi connectivity index (χ3n) is 8.77. The number of thioether (sulfide) groups is 1. The highest BCUT2D eigenvalue weighted by atomic mass is 32.2. The maximum atomic E-state index is 13.9. The third kappa shape index (κ3) is 6.48. The number of rotatable bonds is 5. The van der Waals surface area contributed by atoms with E-state index in [4.69, 9.17) is 9.08 Å². The van der Waals surface area contributed by atoms with Gasteiger partial charge in [0.15, 0.2) is 21.6 Å². The van der Waals surface area contributed by atoms with Crippen LogP contribution in [0, 0.1) is 0 Å². The molecule has 1 amide bonds. The number of carbonyl (C=O) groups excluding carboxylic acids is 1. The van der Waals surface area contributed by atoms with E-state index >= 15 is 0 Å². The third-order valence-corrected chi connectivity index (χ3v) is 24.1. The number of nitrogens with zero attached hydrogens (tertiary/aromatic N) is 2. The summed E-state index contributed by atoms with van der Waals surface area (Å²) in [7, 11) is -6.06. The lowest BCUT2D eigenvalue weighted by Crippen LogP contribution is -2.57. The second kappa shape index (κ2) is 9.89. The predicted octanol–water partition coefficient (Wildman–Crippen LogP) is 9.35. The van der Waals surface area contributed by atoms with Gasteiger partial charge in [-0.05, 0) is 76.8 Å². The Morgan fingerprint density at radius 3 is 1.72 bits per heavy atom. The first-order chi connectivity index (χ1) is 15.9. The maximum Gasteiger partial charge on any atom is 0.258 e. The Balaban J connectivity index is 2.49. The molecule has 0 N–H and O–H groups in total. The monoisotopic (exact) mass is 562 g/mol. The van der Waals surface area contributed by atoms with E-state index in [0.29, 0.717) is 0 Å². The molecule has 0 radical (unpaired) electrons. The van der Waals surface area contributed by atoms with Crippen LogP contribution in [-0.2, 0) is 4.79 Å². The normalized spacial score (nSPS) is 19.0. The Bertz CT molecular complexity index is 1040. The first-order valence-electron chi connectivity index (χ1n) is 13.0. The van der Waals surface area contributed by atoms with Crippen LogP contribution in [0.4, 0.5) is 0 Å². The summed E-state index contributed by atoms with van der Waals surface area (Å²) in [5.41, 5.74) is 1.01. The SMILES string of the molecule is CC(C)(C)[Si](C)(C)/N=C1\S/C(=C\c2ccc(O[Si](C)(C)C(C)(C)C)cc2)C(=O)N1[Si](C)(C)C(C)(C)C. The van der Waals surface area contributed by atoms with Crippen molar-refractivity contribution in [3.8, 4) is 5.75 Å². The van der Waals surface area contributed by atoms with Gasteiger partial charge in [-0.25, -0.2) is 0 Å². The van der Waals surface area contributed by atoms with Crippen molar-refractivity contribution in [1.82, 2.24) is 4.57 Å². The topological polar surface area (TPSA) is 41.9 Å². The molecule has 4 nitrogen and oxygen atoms in total. The van der Waals surface area contributed by atoms with Crippen molar-refractivity contribution < 1.29 is 9.22 Å². The number of amidine groups is 1. The summed E-state index contributed by atoms with van der Waals surface area (Å²) in [6.07, 6.45) is 2.03. The Labute approximate surface area is 228 Å². The lowest BCUT2D eigenvalue weighted by molar-refractivity contribution is -0.119. The van der Waals surface area contributed by atoms with E-state index < -0.39 is 24.8 Å². The molecule has 2 rings (SSSR count). The van der Waals surface area contributed by atoms with Gasteiger partial charge < -0.3 is 13.6 Å². The van der Waals surface area contributed by atoms with E-state index in [9.17, 15) is 4.79 Å². The Hall–Kier alpha value is -1.10. The second-order valence-electron chi connectivity index (χ2n) is 14.7. The molecule has 1 heterocycles. The van der Waals surface area contributed by atoms with Gasteiger partial charge >= 0.3 is 0 Å². The van der Waals surface area contributed by atoms with Gasteiger partial charge in [0.1, 0.15) is 5.75 Å². The van der Waals surface area contributed by atoms with E-state index in [1.807, 2.05) is 18.2 Å². The molecule has 0 aliphatic carbocycles. The molecule has 1 fully saturated rings. The molecule has 0 atom stereocenters. The fraction of sp³-hybridized carbons (Fsp3) is 0.643. The summed E-state index contributed by atoms with van der Waals surface area (Å²) in [5, 5.41) is 1.18. The lowest BCUT2D eigenvalue weighted by Gasteiger charge is -2.44. The number of hydrogen-bond donors (Lipinski definition) is 0. The minimum Gasteiger partial charge on any atom is -0.544 e. The van der Waals surface area contributed by atoms with E-state index in [1.54, 1.807) is 11.8 Å². The Morgan fingerprint density at radius 1 is 0.806 bits per heavy atom. The van der Waals surface area contributed by atoms with E-state index in [-0.39, 0.29) is 21.0 Å². The molecule has 1 aromatic rings. The zero-order valence-electron chi connectivity index (χ0n) is 25.5. The summed E-state index contributed by atoms with van der Waals surface area (Å²) >= 11 is 1.56. The molecule has 36 heavy (non-hydrogen) atoms. The Morgan fingerprint density at radius 2 is 1.31 bits per heavy atom. The largest absolute Gasteiger partial charge is 0.544 e. The second-order valence-corrected chi connectivity index (χ2v) is 30.3. The van der Waals surface area contributed by atoms with Crippen molar-refractivity contribution in [2.45, 2.75) is 117 Å². The summed E-state index contributed by atoms with van der Waals surface area (Å²) in [6.45, 7) is 34.0. The van der Waals surface area contributed by atoms with Gasteiger partial charge in [0.25, 0.3) is 5.91 Å². The molecule has 0 bridgehead atoms. The van der Waals surface area contributed by atoms with Crippen LogP contribution in [0.5, 0.6) is 5.75 Å². The van der Waals surface area contributed by atoms with E-state index in [1.165, 1.54) is 0 Å². The van der Waals surface area contributed by atoms with Crippen molar-refractivity contribution in [2.75, 3.05) is 0 Å². The van der Waals surface area contributed by atoms with Crippen molar-refractivity contribution in [1.29, 1.82) is 0 Å². The molecule has 1 aliphatic heterocycles. The highest BCUT2D eigenvalue weighted by molar-refractivity contribution is 8.19. The Kier molecular flexibility index (Phi) is 8.55. The average Bonchev–Trinajstić information content (AvgIpc) is 2.95. The van der Waals surface area contributed by atoms with Crippen molar-refractivity contribution >= 4 is 53.7 Å². The number of benzene rings is 1. The molecule has 1 aliphatic rings. The van der Waals surface area contributed by atoms with Crippen molar-refractivity contribution in [2.24, 2.45) is 4.66 Å². The van der Waals surface area contributed by atoms with Gasteiger partial charge in [0.05, 0.1) is 4.91 Å². The molecule has 0 aromatic heterocycles. The molecular formula is C28H50N2O2SSi3. The highest BCUT2D eigenvalue weighted by Crippen LogP contribution is 2.47. The van der Waals surface area contributed by atoms with Gasteiger partial charge in [-0.2, -0.15) is 0 Å². The summed E-state index contributed by atoms with van der Waals surface area (Å²) in [6, 6.07) is 8.19. The zero-order chi connectivity index (χ0) is 28.1. The van der Waals surface area contributed by atoms with Crippen LogP contribution >= 0.6 is 11.8 Å². The summed E-state index contributed by atoms with van der Waals surface area (Å²) in [5.74, 6) is 1.00. The molecule has 1 saturated heterocycles. The minimum absolute atomic E-state index is 0.0234. The van der Waals surface area contributed by atoms with E-state index in [0.717, 1.165) is 21.4 Å². The minimum atomic E-state index is -2.17. The molecule has 0 unspecified atom stereocenters. The first kappa shape index (κ1) is 31.1. The van der Waals surface area contributed by atoms with Crippen LogP contribution in [0.15, 0.2) is 33.8 Å². The van der Waals surface area contributed by atoms with Gasteiger partial charge in [-0.1, -0.05) is 87.5 Å². The molecule has 0 spiro atoms. The molecule has 202 valence electrons. The van der Waals surface area contributed by atoms with Crippen LogP contribution in [0.1, 0.15) is 67.9 Å². The van der Waals surface area contributed by atoms with Gasteiger partial charge in [-0.3, -0.25) is 4.79 Å².